The minimum Gasteiger partial charge on any atom is -0.325 e. The molecule has 2 aliphatic rings. The van der Waals surface area contributed by atoms with Crippen LogP contribution < -0.4 is 10.2 Å². The van der Waals surface area contributed by atoms with Gasteiger partial charge in [0.05, 0.1) is 23.2 Å². The van der Waals surface area contributed by atoms with E-state index in [4.69, 9.17) is 0 Å². The van der Waals surface area contributed by atoms with Crippen LogP contribution in [0.4, 0.5) is 15.8 Å². The van der Waals surface area contributed by atoms with E-state index < -0.39 is 15.7 Å². The maximum atomic E-state index is 14.5. The number of halogens is 1. The van der Waals surface area contributed by atoms with Crippen LogP contribution in [0.1, 0.15) is 0 Å². The molecule has 1 N–H and O–H groups in total. The molecule has 2 aromatic rings. The summed E-state index contributed by atoms with van der Waals surface area (Å²) < 4.78 is 38.1. The summed E-state index contributed by atoms with van der Waals surface area (Å²) in [7, 11) is -3.09. The van der Waals surface area contributed by atoms with Crippen molar-refractivity contribution in [3.8, 4) is 0 Å². The standard InChI is InChI=1S/C19H18FN3O3S2/c20-14-8-4-5-9-16(14)23(10-18(24)21-13-6-2-1-3-7-13)19-22-15-11-28(25,26)12-17(15)27-19/h1-9,15,17H,10-12H2,(H,21,24)/t15-,17-/m0/s1. The number of thioether (sulfide) groups is 1. The Balaban J connectivity index is 1.59. The van der Waals surface area contributed by atoms with Crippen molar-refractivity contribution in [2.75, 3.05) is 28.3 Å². The van der Waals surface area contributed by atoms with Gasteiger partial charge in [-0.1, -0.05) is 42.1 Å². The highest BCUT2D eigenvalue weighted by Crippen LogP contribution is 2.37. The number of nitrogens with one attached hydrogen (secondary N) is 1. The lowest BCUT2D eigenvalue weighted by atomic mass is 10.2. The van der Waals surface area contributed by atoms with E-state index in [9.17, 15) is 17.6 Å². The van der Waals surface area contributed by atoms with E-state index in [0.717, 1.165) is 0 Å². The maximum absolute atomic E-state index is 14.5. The molecule has 0 spiro atoms. The van der Waals surface area contributed by atoms with Gasteiger partial charge in [-0.15, -0.1) is 0 Å². The Kier molecular flexibility index (Phi) is 5.11. The molecule has 2 aromatic carbocycles. The first-order valence-corrected chi connectivity index (χ1v) is 11.4. The summed E-state index contributed by atoms with van der Waals surface area (Å²) in [6.07, 6.45) is 0. The summed E-state index contributed by atoms with van der Waals surface area (Å²) >= 11 is 1.29. The number of sulfone groups is 1. The van der Waals surface area contributed by atoms with Gasteiger partial charge in [-0.05, 0) is 24.3 Å². The van der Waals surface area contributed by atoms with Gasteiger partial charge in [-0.2, -0.15) is 0 Å². The Morgan fingerprint density at radius 1 is 1.14 bits per heavy atom. The summed E-state index contributed by atoms with van der Waals surface area (Å²) in [6.45, 7) is -0.131. The van der Waals surface area contributed by atoms with E-state index in [0.29, 0.717) is 10.9 Å². The van der Waals surface area contributed by atoms with E-state index in [-0.39, 0.29) is 40.9 Å². The summed E-state index contributed by atoms with van der Waals surface area (Å²) in [5.41, 5.74) is 0.879. The lowest BCUT2D eigenvalue weighted by Crippen LogP contribution is -2.37. The van der Waals surface area contributed by atoms with Gasteiger partial charge in [-0.3, -0.25) is 9.79 Å². The number of carbonyl (C=O) groups is 1. The van der Waals surface area contributed by atoms with Crippen LogP contribution in [0.3, 0.4) is 0 Å². The fraction of sp³-hybridized carbons (Fsp3) is 0.263. The maximum Gasteiger partial charge on any atom is 0.244 e. The number of hydrogen-bond donors (Lipinski definition) is 1. The highest BCUT2D eigenvalue weighted by molar-refractivity contribution is 8.15. The molecule has 28 heavy (non-hydrogen) atoms. The molecular formula is C19H18FN3O3S2. The fourth-order valence-electron chi connectivity index (χ4n) is 3.26. The molecule has 6 nitrogen and oxygen atoms in total. The van der Waals surface area contributed by atoms with Crippen molar-refractivity contribution in [1.82, 2.24) is 0 Å². The molecule has 1 saturated heterocycles. The van der Waals surface area contributed by atoms with E-state index in [1.165, 1.54) is 22.7 Å². The van der Waals surface area contributed by atoms with Crippen LogP contribution >= 0.6 is 11.8 Å². The summed E-state index contributed by atoms with van der Waals surface area (Å²) in [5, 5.41) is 3.07. The number of benzene rings is 2. The highest BCUT2D eigenvalue weighted by Gasteiger charge is 2.44. The molecule has 0 bridgehead atoms. The van der Waals surface area contributed by atoms with Crippen molar-refractivity contribution in [1.29, 1.82) is 0 Å². The van der Waals surface area contributed by atoms with Crippen molar-refractivity contribution in [3.63, 3.8) is 0 Å². The van der Waals surface area contributed by atoms with Gasteiger partial charge in [0, 0.05) is 10.9 Å². The first-order valence-electron chi connectivity index (χ1n) is 8.73. The van der Waals surface area contributed by atoms with Crippen LogP contribution in [0.5, 0.6) is 0 Å². The van der Waals surface area contributed by atoms with E-state index in [1.54, 1.807) is 30.3 Å². The Labute approximate surface area is 166 Å². The number of nitrogens with zero attached hydrogens (tertiary/aromatic N) is 2. The average molecular weight is 420 g/mol. The van der Waals surface area contributed by atoms with Gasteiger partial charge in [0.2, 0.25) is 5.91 Å². The van der Waals surface area contributed by atoms with Crippen molar-refractivity contribution in [2.45, 2.75) is 11.3 Å². The smallest absolute Gasteiger partial charge is 0.244 e. The number of rotatable bonds is 4. The summed E-state index contributed by atoms with van der Waals surface area (Å²) in [5.74, 6) is -0.739. The monoisotopic (exact) mass is 419 g/mol. The zero-order valence-electron chi connectivity index (χ0n) is 14.8. The van der Waals surface area contributed by atoms with Gasteiger partial charge < -0.3 is 10.2 Å². The van der Waals surface area contributed by atoms with Crippen LogP contribution in [0.2, 0.25) is 0 Å². The van der Waals surface area contributed by atoms with Crippen molar-refractivity contribution >= 4 is 44.0 Å². The second-order valence-corrected chi connectivity index (χ2v) is 10.0. The average Bonchev–Trinajstić information content (AvgIpc) is 3.14. The largest absolute Gasteiger partial charge is 0.325 e. The molecule has 0 aromatic heterocycles. The molecule has 2 atom stereocenters. The number of amides is 1. The topological polar surface area (TPSA) is 78.8 Å². The Hall–Kier alpha value is -2.39. The number of carbonyl (C=O) groups excluding carboxylic acids is 1. The van der Waals surface area contributed by atoms with Gasteiger partial charge >= 0.3 is 0 Å². The number of para-hydroxylation sites is 2. The predicted molar refractivity (Wildman–Crippen MR) is 110 cm³/mol. The highest BCUT2D eigenvalue weighted by atomic mass is 32.2. The quantitative estimate of drug-likeness (QED) is 0.824. The Morgan fingerprint density at radius 3 is 2.57 bits per heavy atom. The van der Waals surface area contributed by atoms with Crippen molar-refractivity contribution < 1.29 is 17.6 Å². The van der Waals surface area contributed by atoms with Crippen LogP contribution in [-0.2, 0) is 14.6 Å². The number of anilines is 2. The fourth-order valence-corrected chi connectivity index (χ4v) is 7.04. The van der Waals surface area contributed by atoms with Gasteiger partial charge in [0.15, 0.2) is 15.0 Å². The lowest BCUT2D eigenvalue weighted by Gasteiger charge is -2.24. The normalized spacial score (nSPS) is 22.4. The van der Waals surface area contributed by atoms with Crippen LogP contribution in [0.15, 0.2) is 59.6 Å². The number of hydrogen-bond acceptors (Lipinski definition) is 6. The molecular weight excluding hydrogens is 401 g/mol. The number of amidine groups is 1. The molecule has 4 rings (SSSR count). The molecule has 1 amide bonds. The molecule has 0 saturated carbocycles. The Bertz CT molecular complexity index is 1030. The van der Waals surface area contributed by atoms with E-state index in [2.05, 4.69) is 10.3 Å². The zero-order valence-corrected chi connectivity index (χ0v) is 16.4. The van der Waals surface area contributed by atoms with Crippen molar-refractivity contribution in [2.24, 2.45) is 4.99 Å². The first kappa shape index (κ1) is 18.9. The van der Waals surface area contributed by atoms with Crippen LogP contribution in [0, 0.1) is 5.82 Å². The molecule has 0 radical (unpaired) electrons. The van der Waals surface area contributed by atoms with Crippen molar-refractivity contribution in [3.05, 3.63) is 60.4 Å². The summed E-state index contributed by atoms with van der Waals surface area (Å²) in [6, 6.07) is 14.8. The lowest BCUT2D eigenvalue weighted by molar-refractivity contribution is -0.114. The first-order chi connectivity index (χ1) is 13.4. The third-order valence-corrected chi connectivity index (χ3v) is 7.79. The predicted octanol–water partition coefficient (Wildman–Crippen LogP) is 2.54. The molecule has 2 aliphatic heterocycles. The summed E-state index contributed by atoms with van der Waals surface area (Å²) in [4.78, 5) is 18.6. The molecule has 1 fully saturated rings. The molecule has 0 unspecified atom stereocenters. The molecule has 9 heteroatoms. The molecule has 2 heterocycles. The minimum absolute atomic E-state index is 0.00447. The number of fused-ring (bicyclic) bond motifs is 1. The zero-order chi connectivity index (χ0) is 19.7. The van der Waals surface area contributed by atoms with Gasteiger partial charge in [-0.25, -0.2) is 12.8 Å². The third kappa shape index (κ3) is 4.05. The van der Waals surface area contributed by atoms with E-state index >= 15 is 0 Å². The SMILES string of the molecule is O=C(CN(C1=N[C@H]2CS(=O)(=O)C[C@@H]2S1)c1ccccc1F)Nc1ccccc1. The molecule has 146 valence electrons. The number of aliphatic imine (C=N–C) groups is 1. The second-order valence-electron chi connectivity index (χ2n) is 6.66. The van der Waals surface area contributed by atoms with Gasteiger partial charge in [0.1, 0.15) is 12.4 Å². The van der Waals surface area contributed by atoms with Crippen LogP contribution in [0.25, 0.3) is 0 Å². The van der Waals surface area contributed by atoms with Crippen LogP contribution in [-0.4, -0.2) is 48.8 Å². The third-order valence-electron chi connectivity index (χ3n) is 4.54. The minimum atomic E-state index is -3.09. The Morgan fingerprint density at radius 2 is 1.86 bits per heavy atom. The second kappa shape index (κ2) is 7.56. The molecule has 0 aliphatic carbocycles. The van der Waals surface area contributed by atoms with E-state index in [1.807, 2.05) is 18.2 Å². The van der Waals surface area contributed by atoms with Gasteiger partial charge in [0.25, 0.3) is 0 Å².